The van der Waals surface area contributed by atoms with Gasteiger partial charge in [-0.3, -0.25) is 4.79 Å². The zero-order chi connectivity index (χ0) is 20.3. The van der Waals surface area contributed by atoms with Crippen molar-refractivity contribution >= 4 is 5.91 Å². The SMILES string of the molecule is CCc1c(C)nn(-c2ccc(C(=O)N[C@@H](C)[C@H](O)c3ccccc3)cc2)c1C. The number of carbonyl (C=O) groups is 1. The van der Waals surface area contributed by atoms with Crippen LogP contribution in [0.2, 0.25) is 0 Å². The monoisotopic (exact) mass is 377 g/mol. The van der Waals surface area contributed by atoms with E-state index >= 15 is 0 Å². The molecule has 0 fully saturated rings. The van der Waals surface area contributed by atoms with Gasteiger partial charge in [-0.2, -0.15) is 5.10 Å². The van der Waals surface area contributed by atoms with Crippen LogP contribution >= 0.6 is 0 Å². The Morgan fingerprint density at radius 2 is 1.75 bits per heavy atom. The molecule has 3 aromatic rings. The summed E-state index contributed by atoms with van der Waals surface area (Å²) in [7, 11) is 0. The second kappa shape index (κ2) is 8.40. The number of carbonyl (C=O) groups excluding carboxylic acids is 1. The highest BCUT2D eigenvalue weighted by Gasteiger charge is 2.19. The number of amides is 1. The van der Waals surface area contributed by atoms with Crippen LogP contribution in [-0.4, -0.2) is 26.8 Å². The van der Waals surface area contributed by atoms with Gasteiger partial charge < -0.3 is 10.4 Å². The third-order valence-electron chi connectivity index (χ3n) is 5.14. The fourth-order valence-electron chi connectivity index (χ4n) is 3.50. The number of aliphatic hydroxyl groups excluding tert-OH is 1. The average Bonchev–Trinajstić information content (AvgIpc) is 3.01. The zero-order valence-corrected chi connectivity index (χ0v) is 16.8. The Balaban J connectivity index is 1.72. The van der Waals surface area contributed by atoms with Gasteiger partial charge in [-0.05, 0) is 62.6 Å². The minimum Gasteiger partial charge on any atom is -0.386 e. The summed E-state index contributed by atoms with van der Waals surface area (Å²) in [6, 6.07) is 16.3. The molecule has 0 spiro atoms. The smallest absolute Gasteiger partial charge is 0.251 e. The van der Waals surface area contributed by atoms with Gasteiger partial charge in [-0.1, -0.05) is 37.3 Å². The van der Waals surface area contributed by atoms with Gasteiger partial charge >= 0.3 is 0 Å². The lowest BCUT2D eigenvalue weighted by Crippen LogP contribution is -2.37. The molecule has 0 unspecified atom stereocenters. The third-order valence-corrected chi connectivity index (χ3v) is 5.14. The molecule has 0 aliphatic heterocycles. The second-order valence-electron chi connectivity index (χ2n) is 7.08. The first-order valence-electron chi connectivity index (χ1n) is 9.61. The van der Waals surface area contributed by atoms with E-state index in [0.717, 1.165) is 29.1 Å². The van der Waals surface area contributed by atoms with E-state index in [1.165, 1.54) is 5.56 Å². The van der Waals surface area contributed by atoms with Crippen LogP contribution in [0.1, 0.15) is 52.8 Å². The van der Waals surface area contributed by atoms with Gasteiger partial charge in [0, 0.05) is 11.3 Å². The number of aryl methyl sites for hydroxylation is 1. The number of aromatic nitrogens is 2. The highest BCUT2D eigenvalue weighted by Crippen LogP contribution is 2.20. The molecule has 0 saturated heterocycles. The molecule has 0 aliphatic rings. The number of nitrogens with one attached hydrogen (secondary N) is 1. The first-order chi connectivity index (χ1) is 13.4. The molecule has 3 rings (SSSR count). The van der Waals surface area contributed by atoms with Crippen LogP contribution in [0.5, 0.6) is 0 Å². The minimum absolute atomic E-state index is 0.211. The van der Waals surface area contributed by atoms with Crippen LogP contribution in [-0.2, 0) is 6.42 Å². The summed E-state index contributed by atoms with van der Waals surface area (Å²) >= 11 is 0. The Morgan fingerprint density at radius 3 is 2.32 bits per heavy atom. The molecule has 28 heavy (non-hydrogen) atoms. The highest BCUT2D eigenvalue weighted by atomic mass is 16.3. The summed E-state index contributed by atoms with van der Waals surface area (Å²) in [5.74, 6) is -0.211. The van der Waals surface area contributed by atoms with E-state index in [2.05, 4.69) is 24.3 Å². The lowest BCUT2D eigenvalue weighted by Gasteiger charge is -2.20. The molecule has 2 atom stereocenters. The normalized spacial score (nSPS) is 13.2. The van der Waals surface area contributed by atoms with Crippen molar-refractivity contribution in [1.29, 1.82) is 0 Å². The minimum atomic E-state index is -0.758. The predicted octanol–water partition coefficient (Wildman–Crippen LogP) is 3.90. The van der Waals surface area contributed by atoms with Crippen molar-refractivity contribution in [1.82, 2.24) is 15.1 Å². The van der Waals surface area contributed by atoms with Gasteiger partial charge in [-0.25, -0.2) is 4.68 Å². The molecule has 5 nitrogen and oxygen atoms in total. The lowest BCUT2D eigenvalue weighted by atomic mass is 10.0. The van der Waals surface area contributed by atoms with E-state index in [1.54, 1.807) is 19.1 Å². The third kappa shape index (κ3) is 3.99. The van der Waals surface area contributed by atoms with Crippen LogP contribution in [0.3, 0.4) is 0 Å². The molecule has 2 N–H and O–H groups in total. The zero-order valence-electron chi connectivity index (χ0n) is 16.8. The van der Waals surface area contributed by atoms with Crippen molar-refractivity contribution in [2.45, 2.75) is 46.3 Å². The molecule has 5 heteroatoms. The maximum Gasteiger partial charge on any atom is 0.251 e. The van der Waals surface area contributed by atoms with Crippen molar-refractivity contribution in [3.63, 3.8) is 0 Å². The van der Waals surface area contributed by atoms with E-state index in [1.807, 2.05) is 54.1 Å². The fourth-order valence-corrected chi connectivity index (χ4v) is 3.50. The number of hydrogen-bond acceptors (Lipinski definition) is 3. The maximum atomic E-state index is 12.6. The van der Waals surface area contributed by atoms with Gasteiger partial charge in [0.15, 0.2) is 0 Å². The number of rotatable bonds is 6. The van der Waals surface area contributed by atoms with E-state index < -0.39 is 12.1 Å². The van der Waals surface area contributed by atoms with Crippen molar-refractivity contribution in [3.05, 3.63) is 82.7 Å². The van der Waals surface area contributed by atoms with Crippen molar-refractivity contribution < 1.29 is 9.90 Å². The van der Waals surface area contributed by atoms with Gasteiger partial charge in [0.1, 0.15) is 0 Å². The molecule has 1 amide bonds. The highest BCUT2D eigenvalue weighted by molar-refractivity contribution is 5.94. The van der Waals surface area contributed by atoms with Crippen molar-refractivity contribution in [2.75, 3.05) is 0 Å². The molecule has 146 valence electrons. The molecule has 1 aromatic heterocycles. The number of benzene rings is 2. The summed E-state index contributed by atoms with van der Waals surface area (Å²) in [5, 5.41) is 17.9. The Hall–Kier alpha value is -2.92. The predicted molar refractivity (Wildman–Crippen MR) is 111 cm³/mol. The Bertz CT molecular complexity index is 946. The number of aliphatic hydroxyl groups is 1. The molecule has 1 heterocycles. The largest absolute Gasteiger partial charge is 0.386 e. The fraction of sp³-hybridized carbons (Fsp3) is 0.304. The summed E-state index contributed by atoms with van der Waals surface area (Å²) in [4.78, 5) is 12.6. The summed E-state index contributed by atoms with van der Waals surface area (Å²) in [6.07, 6.45) is 0.186. The van der Waals surface area contributed by atoms with Crippen LogP contribution in [0.25, 0.3) is 5.69 Å². The lowest BCUT2D eigenvalue weighted by molar-refractivity contribution is 0.0852. The topological polar surface area (TPSA) is 67.2 Å². The van der Waals surface area contributed by atoms with Crippen LogP contribution in [0, 0.1) is 13.8 Å². The van der Waals surface area contributed by atoms with E-state index in [4.69, 9.17) is 0 Å². The van der Waals surface area contributed by atoms with E-state index in [0.29, 0.717) is 5.56 Å². The molecule has 2 aromatic carbocycles. The molecule has 0 bridgehead atoms. The van der Waals surface area contributed by atoms with Gasteiger partial charge in [0.05, 0.1) is 23.5 Å². The molecular weight excluding hydrogens is 350 g/mol. The summed E-state index contributed by atoms with van der Waals surface area (Å²) < 4.78 is 1.91. The molecular formula is C23H27N3O2. The summed E-state index contributed by atoms with van der Waals surface area (Å²) in [5.41, 5.74) is 5.66. The Kier molecular flexibility index (Phi) is 5.95. The Morgan fingerprint density at radius 1 is 1.11 bits per heavy atom. The molecule has 0 radical (unpaired) electrons. The quantitative estimate of drug-likeness (QED) is 0.685. The average molecular weight is 377 g/mol. The number of hydrogen-bond donors (Lipinski definition) is 2. The van der Waals surface area contributed by atoms with Crippen LogP contribution < -0.4 is 5.32 Å². The van der Waals surface area contributed by atoms with Crippen LogP contribution in [0.4, 0.5) is 0 Å². The first kappa shape index (κ1) is 19.8. The van der Waals surface area contributed by atoms with Crippen molar-refractivity contribution in [3.8, 4) is 5.69 Å². The number of nitrogens with zero attached hydrogens (tertiary/aromatic N) is 2. The maximum absolute atomic E-state index is 12.6. The van der Waals surface area contributed by atoms with Gasteiger partial charge in [-0.15, -0.1) is 0 Å². The van der Waals surface area contributed by atoms with Gasteiger partial charge in [0.25, 0.3) is 5.91 Å². The standard InChI is InChI=1S/C23H27N3O2/c1-5-21-15(2)25-26(17(21)4)20-13-11-19(12-14-20)23(28)24-16(3)22(27)18-9-7-6-8-10-18/h6-14,16,22,27H,5H2,1-4H3,(H,24,28)/t16-,22-/m0/s1. The summed E-state index contributed by atoms with van der Waals surface area (Å²) in [6.45, 7) is 8.00. The van der Waals surface area contributed by atoms with Gasteiger partial charge in [0.2, 0.25) is 0 Å². The molecule has 0 saturated carbocycles. The Labute approximate surface area is 166 Å². The second-order valence-corrected chi connectivity index (χ2v) is 7.08. The van der Waals surface area contributed by atoms with Crippen molar-refractivity contribution in [2.24, 2.45) is 0 Å². The first-order valence-corrected chi connectivity index (χ1v) is 9.61. The van der Waals surface area contributed by atoms with E-state index in [9.17, 15) is 9.90 Å². The van der Waals surface area contributed by atoms with Crippen LogP contribution in [0.15, 0.2) is 54.6 Å². The van der Waals surface area contributed by atoms with E-state index in [-0.39, 0.29) is 5.91 Å². The molecule has 0 aliphatic carbocycles.